The first-order valence-electron chi connectivity index (χ1n) is 8.41. The quantitative estimate of drug-likeness (QED) is 0.544. The van der Waals surface area contributed by atoms with Gasteiger partial charge in [-0.25, -0.2) is 0 Å². The third-order valence-electron chi connectivity index (χ3n) is 3.94. The molecular weight excluding hydrogens is 305 g/mol. The molecule has 0 spiro atoms. The average molecular weight is 338 g/mol. The number of alkyl halides is 3. The highest BCUT2D eigenvalue weighted by Gasteiger charge is 2.39. The van der Waals surface area contributed by atoms with Gasteiger partial charge in [-0.2, -0.15) is 13.2 Å². The summed E-state index contributed by atoms with van der Waals surface area (Å²) in [6.07, 6.45) is -5.13. The van der Waals surface area contributed by atoms with Gasteiger partial charge in [-0.1, -0.05) is 55.4 Å². The molecule has 0 aromatic carbocycles. The lowest BCUT2D eigenvalue weighted by atomic mass is 9.78. The van der Waals surface area contributed by atoms with Gasteiger partial charge in [0.1, 0.15) is 6.10 Å². The zero-order chi connectivity index (χ0) is 18.6. The Balaban J connectivity index is 5.22. The average Bonchev–Trinajstić information content (AvgIpc) is 2.28. The van der Waals surface area contributed by atoms with Crippen molar-refractivity contribution in [1.82, 2.24) is 0 Å². The molecule has 0 aliphatic carbocycles. The first-order valence-corrected chi connectivity index (χ1v) is 8.41. The Labute approximate surface area is 139 Å². The van der Waals surface area contributed by atoms with E-state index in [2.05, 4.69) is 0 Å². The van der Waals surface area contributed by atoms with Crippen molar-refractivity contribution >= 4 is 5.97 Å². The van der Waals surface area contributed by atoms with Crippen LogP contribution in [0.15, 0.2) is 0 Å². The molecule has 0 bridgehead atoms. The maximum absolute atomic E-state index is 12.7. The molecule has 2 unspecified atom stereocenters. The zero-order valence-corrected chi connectivity index (χ0v) is 15.8. The van der Waals surface area contributed by atoms with Gasteiger partial charge in [0.25, 0.3) is 0 Å². The van der Waals surface area contributed by atoms with E-state index in [4.69, 9.17) is 4.74 Å². The van der Waals surface area contributed by atoms with E-state index in [-0.39, 0.29) is 23.4 Å². The van der Waals surface area contributed by atoms with Gasteiger partial charge in [0, 0.05) is 6.42 Å². The highest BCUT2D eigenvalue weighted by atomic mass is 19.4. The van der Waals surface area contributed by atoms with Crippen LogP contribution in [0.5, 0.6) is 0 Å². The number of esters is 1. The van der Waals surface area contributed by atoms with E-state index in [1.165, 1.54) is 6.92 Å². The third kappa shape index (κ3) is 9.21. The van der Waals surface area contributed by atoms with Gasteiger partial charge in [-0.3, -0.25) is 4.79 Å². The highest BCUT2D eigenvalue weighted by molar-refractivity contribution is 5.73. The maximum atomic E-state index is 12.7. The van der Waals surface area contributed by atoms with Crippen molar-refractivity contribution in [2.24, 2.45) is 29.1 Å². The fraction of sp³-hybridized carbons (Fsp3) is 0.944. The fourth-order valence-electron chi connectivity index (χ4n) is 2.95. The topological polar surface area (TPSA) is 26.3 Å². The van der Waals surface area contributed by atoms with E-state index in [1.807, 2.05) is 48.5 Å². The number of carbonyl (C=O) groups is 1. The van der Waals surface area contributed by atoms with Crippen LogP contribution in [0.4, 0.5) is 13.2 Å². The first-order chi connectivity index (χ1) is 10.1. The number of halogens is 3. The van der Waals surface area contributed by atoms with Crippen molar-refractivity contribution in [1.29, 1.82) is 0 Å². The number of hydrogen-bond donors (Lipinski definition) is 0. The van der Waals surface area contributed by atoms with Crippen LogP contribution < -0.4 is 0 Å². The van der Waals surface area contributed by atoms with Crippen molar-refractivity contribution in [3.05, 3.63) is 0 Å². The molecule has 138 valence electrons. The van der Waals surface area contributed by atoms with Crippen molar-refractivity contribution < 1.29 is 22.7 Å². The van der Waals surface area contributed by atoms with Crippen LogP contribution in [-0.2, 0) is 9.53 Å². The molecule has 0 saturated heterocycles. The monoisotopic (exact) mass is 338 g/mol. The summed E-state index contributed by atoms with van der Waals surface area (Å²) < 4.78 is 43.8. The van der Waals surface area contributed by atoms with E-state index in [1.54, 1.807) is 0 Å². The number of carbonyl (C=O) groups excluding carboxylic acids is 1. The minimum absolute atomic E-state index is 0.132. The van der Waals surface area contributed by atoms with E-state index in [0.717, 1.165) is 0 Å². The molecule has 5 heteroatoms. The summed E-state index contributed by atoms with van der Waals surface area (Å²) in [7, 11) is 0. The van der Waals surface area contributed by atoms with Crippen LogP contribution in [-0.4, -0.2) is 18.2 Å². The molecule has 0 aliphatic rings. The van der Waals surface area contributed by atoms with Gasteiger partial charge in [-0.05, 0) is 29.6 Å². The number of ether oxygens (including phenoxy) is 1. The second kappa shape index (κ2) is 8.39. The van der Waals surface area contributed by atoms with Crippen LogP contribution >= 0.6 is 0 Å². The lowest BCUT2D eigenvalue weighted by Gasteiger charge is -2.32. The normalized spacial score (nSPS) is 16.1. The van der Waals surface area contributed by atoms with Gasteiger partial charge in [0.2, 0.25) is 0 Å². The molecule has 0 rings (SSSR count). The summed E-state index contributed by atoms with van der Waals surface area (Å²) in [6.45, 7) is 15.1. The van der Waals surface area contributed by atoms with E-state index >= 15 is 0 Å². The van der Waals surface area contributed by atoms with Gasteiger partial charge < -0.3 is 4.74 Å². The van der Waals surface area contributed by atoms with Crippen LogP contribution in [0, 0.1) is 29.1 Å². The molecule has 0 aromatic heterocycles. The van der Waals surface area contributed by atoms with Crippen molar-refractivity contribution in [3.63, 3.8) is 0 Å². The second-order valence-electron chi connectivity index (χ2n) is 8.56. The molecule has 0 amide bonds. The van der Waals surface area contributed by atoms with Gasteiger partial charge in [0.05, 0.1) is 5.92 Å². The Bertz CT molecular complexity index is 359. The summed E-state index contributed by atoms with van der Waals surface area (Å²) in [5, 5.41) is 0. The van der Waals surface area contributed by atoms with Crippen molar-refractivity contribution in [2.45, 2.75) is 80.5 Å². The summed E-state index contributed by atoms with van der Waals surface area (Å²) in [5.74, 6) is -1.76. The number of hydrogen-bond acceptors (Lipinski definition) is 2. The molecule has 23 heavy (non-hydrogen) atoms. The molecule has 0 saturated carbocycles. The summed E-state index contributed by atoms with van der Waals surface area (Å²) in [4.78, 5) is 12.6. The highest BCUT2D eigenvalue weighted by Crippen LogP contribution is 2.36. The minimum Gasteiger partial charge on any atom is -0.462 e. The molecule has 0 fully saturated rings. The lowest BCUT2D eigenvalue weighted by Crippen LogP contribution is -2.36. The summed E-state index contributed by atoms with van der Waals surface area (Å²) in [5.41, 5.74) is -0.241. The molecule has 0 radical (unpaired) electrons. The Kier molecular flexibility index (Phi) is 8.12. The van der Waals surface area contributed by atoms with Crippen molar-refractivity contribution in [3.8, 4) is 0 Å². The Morgan fingerprint density at radius 1 is 0.913 bits per heavy atom. The standard InChI is InChI=1S/C18H33F3O2/c1-11(2)15(12(3)4)23-16(22)14(10-17(6,7)8)13(5)9-18(19,20)21/h11-15H,9-10H2,1-8H3. The third-order valence-corrected chi connectivity index (χ3v) is 3.94. The van der Waals surface area contributed by atoms with Crippen molar-refractivity contribution in [2.75, 3.05) is 0 Å². The van der Waals surface area contributed by atoms with Crippen LogP contribution in [0.25, 0.3) is 0 Å². The molecule has 0 aliphatic heterocycles. The van der Waals surface area contributed by atoms with Gasteiger partial charge >= 0.3 is 12.1 Å². The molecule has 0 N–H and O–H groups in total. The lowest BCUT2D eigenvalue weighted by molar-refractivity contribution is -0.169. The SMILES string of the molecule is CC(C)C(OC(=O)C(CC(C)(C)C)C(C)CC(F)(F)F)C(C)C. The Morgan fingerprint density at radius 3 is 1.65 bits per heavy atom. The summed E-state index contributed by atoms with van der Waals surface area (Å²) >= 11 is 0. The van der Waals surface area contributed by atoms with Gasteiger partial charge in [-0.15, -0.1) is 0 Å². The van der Waals surface area contributed by atoms with Crippen LogP contribution in [0.1, 0.15) is 68.2 Å². The summed E-state index contributed by atoms with van der Waals surface area (Å²) in [6, 6.07) is 0. The van der Waals surface area contributed by atoms with E-state index in [0.29, 0.717) is 6.42 Å². The Hall–Kier alpha value is -0.740. The fourth-order valence-corrected chi connectivity index (χ4v) is 2.95. The first kappa shape index (κ1) is 22.3. The Morgan fingerprint density at radius 2 is 1.35 bits per heavy atom. The largest absolute Gasteiger partial charge is 0.462 e. The molecule has 0 heterocycles. The minimum atomic E-state index is -4.27. The van der Waals surface area contributed by atoms with Crippen LogP contribution in [0.2, 0.25) is 0 Å². The maximum Gasteiger partial charge on any atom is 0.389 e. The number of rotatable bonds is 7. The smallest absolute Gasteiger partial charge is 0.389 e. The molecule has 0 aromatic rings. The van der Waals surface area contributed by atoms with E-state index in [9.17, 15) is 18.0 Å². The molecule has 2 atom stereocenters. The van der Waals surface area contributed by atoms with E-state index < -0.39 is 30.4 Å². The molecule has 2 nitrogen and oxygen atoms in total. The zero-order valence-electron chi connectivity index (χ0n) is 15.8. The van der Waals surface area contributed by atoms with Crippen LogP contribution in [0.3, 0.4) is 0 Å². The molecular formula is C18H33F3O2. The van der Waals surface area contributed by atoms with Gasteiger partial charge in [0.15, 0.2) is 0 Å². The second-order valence-corrected chi connectivity index (χ2v) is 8.56. The predicted molar refractivity (Wildman–Crippen MR) is 87.0 cm³/mol. The predicted octanol–water partition coefficient (Wildman–Crippen LogP) is 5.85.